The van der Waals surface area contributed by atoms with Gasteiger partial charge in [0.25, 0.3) is 0 Å². The molecular formula is C20H25N3O2. The number of rotatable bonds is 7. The second-order valence-electron chi connectivity index (χ2n) is 6.15. The lowest BCUT2D eigenvalue weighted by molar-refractivity contribution is -0.116. The van der Waals surface area contributed by atoms with E-state index in [-0.39, 0.29) is 18.2 Å². The van der Waals surface area contributed by atoms with Crippen molar-refractivity contribution in [3.8, 4) is 0 Å². The molecule has 132 valence electrons. The predicted molar refractivity (Wildman–Crippen MR) is 102 cm³/mol. The van der Waals surface area contributed by atoms with Gasteiger partial charge in [0.2, 0.25) is 11.8 Å². The van der Waals surface area contributed by atoms with Gasteiger partial charge in [-0.1, -0.05) is 35.9 Å². The average molecular weight is 339 g/mol. The molecule has 0 aliphatic heterocycles. The largest absolute Gasteiger partial charge is 0.330 e. The maximum atomic E-state index is 12.2. The molecule has 0 saturated heterocycles. The lowest BCUT2D eigenvalue weighted by Gasteiger charge is -2.11. The zero-order valence-corrected chi connectivity index (χ0v) is 14.8. The van der Waals surface area contributed by atoms with Crippen LogP contribution in [0.15, 0.2) is 42.5 Å². The van der Waals surface area contributed by atoms with Crippen molar-refractivity contribution in [3.05, 3.63) is 59.2 Å². The molecule has 2 amide bonds. The number of carbonyl (C=O) groups is 2. The van der Waals surface area contributed by atoms with Gasteiger partial charge >= 0.3 is 0 Å². The third-order valence-electron chi connectivity index (χ3n) is 3.93. The summed E-state index contributed by atoms with van der Waals surface area (Å²) in [5.74, 6) is -0.183. The predicted octanol–water partition coefficient (Wildman–Crippen LogP) is 3.16. The fourth-order valence-corrected chi connectivity index (χ4v) is 2.41. The van der Waals surface area contributed by atoms with Crippen molar-refractivity contribution in [2.45, 2.75) is 33.1 Å². The van der Waals surface area contributed by atoms with Crippen molar-refractivity contribution < 1.29 is 9.59 Å². The number of anilines is 2. The molecule has 0 saturated carbocycles. The third-order valence-corrected chi connectivity index (χ3v) is 3.93. The summed E-state index contributed by atoms with van der Waals surface area (Å²) in [5, 5.41) is 5.70. The number of hydrogen-bond donors (Lipinski definition) is 3. The first kappa shape index (κ1) is 18.7. The Morgan fingerprint density at radius 1 is 0.920 bits per heavy atom. The quantitative estimate of drug-likeness (QED) is 0.724. The fourth-order valence-electron chi connectivity index (χ4n) is 2.41. The minimum Gasteiger partial charge on any atom is -0.330 e. The van der Waals surface area contributed by atoms with Gasteiger partial charge in [0.15, 0.2) is 0 Å². The molecule has 5 heteroatoms. The van der Waals surface area contributed by atoms with Gasteiger partial charge in [0, 0.05) is 30.8 Å². The summed E-state index contributed by atoms with van der Waals surface area (Å²) in [6, 6.07) is 13.6. The van der Waals surface area contributed by atoms with E-state index in [1.165, 1.54) is 5.56 Å². The lowest BCUT2D eigenvalue weighted by Crippen LogP contribution is -2.17. The molecule has 0 fully saturated rings. The van der Waals surface area contributed by atoms with Crippen LogP contribution in [0.1, 0.15) is 29.5 Å². The van der Waals surface area contributed by atoms with Crippen molar-refractivity contribution in [1.82, 2.24) is 0 Å². The molecule has 0 aliphatic rings. The van der Waals surface area contributed by atoms with E-state index < -0.39 is 0 Å². The molecule has 25 heavy (non-hydrogen) atoms. The molecule has 0 aromatic heterocycles. The molecule has 5 nitrogen and oxygen atoms in total. The molecule has 0 atom stereocenters. The third kappa shape index (κ3) is 6.04. The highest BCUT2D eigenvalue weighted by atomic mass is 16.2. The second kappa shape index (κ2) is 8.99. The average Bonchev–Trinajstić information content (AvgIpc) is 2.57. The molecule has 0 spiro atoms. The smallest absolute Gasteiger partial charge is 0.225 e. The van der Waals surface area contributed by atoms with Gasteiger partial charge in [-0.15, -0.1) is 0 Å². The van der Waals surface area contributed by atoms with Gasteiger partial charge in [0.05, 0.1) is 0 Å². The van der Waals surface area contributed by atoms with Crippen LogP contribution in [0.2, 0.25) is 0 Å². The van der Waals surface area contributed by atoms with Gasteiger partial charge in [-0.2, -0.15) is 0 Å². The van der Waals surface area contributed by atoms with Crippen molar-refractivity contribution >= 4 is 23.2 Å². The van der Waals surface area contributed by atoms with Crippen LogP contribution in [0.25, 0.3) is 0 Å². The summed E-state index contributed by atoms with van der Waals surface area (Å²) in [6.45, 7) is 4.25. The normalized spacial score (nSPS) is 10.4. The van der Waals surface area contributed by atoms with Crippen LogP contribution < -0.4 is 16.4 Å². The first-order valence-electron chi connectivity index (χ1n) is 8.44. The van der Waals surface area contributed by atoms with E-state index in [4.69, 9.17) is 5.73 Å². The number of amides is 2. The second-order valence-corrected chi connectivity index (χ2v) is 6.15. The maximum absolute atomic E-state index is 12.2. The van der Waals surface area contributed by atoms with Crippen LogP contribution in [0.3, 0.4) is 0 Å². The summed E-state index contributed by atoms with van der Waals surface area (Å²) in [7, 11) is 0. The van der Waals surface area contributed by atoms with Gasteiger partial charge in [-0.3, -0.25) is 9.59 Å². The number of nitrogens with one attached hydrogen (secondary N) is 2. The van der Waals surface area contributed by atoms with Crippen LogP contribution in [0, 0.1) is 13.8 Å². The zero-order chi connectivity index (χ0) is 18.2. The maximum Gasteiger partial charge on any atom is 0.225 e. The molecule has 2 aromatic carbocycles. The van der Waals surface area contributed by atoms with E-state index in [2.05, 4.69) is 10.6 Å². The van der Waals surface area contributed by atoms with Gasteiger partial charge in [-0.05, 0) is 43.5 Å². The Morgan fingerprint density at radius 2 is 1.60 bits per heavy atom. The van der Waals surface area contributed by atoms with Gasteiger partial charge in [-0.25, -0.2) is 0 Å². The minimum atomic E-state index is -0.131. The van der Waals surface area contributed by atoms with Crippen molar-refractivity contribution in [2.75, 3.05) is 17.2 Å². The van der Waals surface area contributed by atoms with E-state index >= 15 is 0 Å². The van der Waals surface area contributed by atoms with Gasteiger partial charge < -0.3 is 16.4 Å². The Labute approximate surface area is 148 Å². The number of hydrogen-bond acceptors (Lipinski definition) is 3. The molecule has 2 rings (SSSR count). The Balaban J connectivity index is 1.93. The first-order valence-corrected chi connectivity index (χ1v) is 8.44. The molecular weight excluding hydrogens is 314 g/mol. The number of nitrogens with two attached hydrogens (primary N) is 1. The van der Waals surface area contributed by atoms with Gasteiger partial charge in [0.1, 0.15) is 0 Å². The SMILES string of the molecule is Cc1ccc(CCC(=O)Nc2ccc(C)c(NC(=O)CCN)c2)cc1. The molecule has 0 aliphatic carbocycles. The first-order chi connectivity index (χ1) is 12.0. The van der Waals surface area contributed by atoms with E-state index in [1.807, 2.05) is 50.2 Å². The van der Waals surface area contributed by atoms with Crippen LogP contribution in [-0.4, -0.2) is 18.4 Å². The Morgan fingerprint density at radius 3 is 2.28 bits per heavy atom. The van der Waals surface area contributed by atoms with Crippen molar-refractivity contribution in [1.29, 1.82) is 0 Å². The van der Waals surface area contributed by atoms with Crippen molar-refractivity contribution in [3.63, 3.8) is 0 Å². The minimum absolute atomic E-state index is 0.0522. The highest BCUT2D eigenvalue weighted by Crippen LogP contribution is 2.21. The van der Waals surface area contributed by atoms with E-state index in [9.17, 15) is 9.59 Å². The Hall–Kier alpha value is -2.66. The van der Waals surface area contributed by atoms with Crippen LogP contribution in [-0.2, 0) is 16.0 Å². The van der Waals surface area contributed by atoms with E-state index in [0.29, 0.717) is 30.8 Å². The summed E-state index contributed by atoms with van der Waals surface area (Å²) in [6.07, 6.45) is 1.37. The fraction of sp³-hybridized carbons (Fsp3) is 0.300. The summed E-state index contributed by atoms with van der Waals surface area (Å²) in [4.78, 5) is 23.9. The van der Waals surface area contributed by atoms with Crippen LogP contribution in [0.4, 0.5) is 11.4 Å². The van der Waals surface area contributed by atoms with Crippen LogP contribution in [0.5, 0.6) is 0 Å². The molecule has 0 bridgehead atoms. The standard InChI is InChI=1S/C20H25N3O2/c1-14-3-6-16(7-4-14)8-10-19(24)22-17-9-5-15(2)18(13-17)23-20(25)11-12-21/h3-7,9,13H,8,10-12,21H2,1-2H3,(H,22,24)(H,23,25). The highest BCUT2D eigenvalue weighted by molar-refractivity contribution is 5.94. The molecule has 0 heterocycles. The molecule has 0 unspecified atom stereocenters. The molecule has 4 N–H and O–H groups in total. The Bertz CT molecular complexity index is 739. The molecule has 0 radical (unpaired) electrons. The Kier molecular flexibility index (Phi) is 6.71. The topological polar surface area (TPSA) is 84.2 Å². The number of carbonyl (C=O) groups excluding carboxylic acids is 2. The number of aryl methyl sites for hydroxylation is 3. The van der Waals surface area contributed by atoms with E-state index in [1.54, 1.807) is 6.07 Å². The summed E-state index contributed by atoms with van der Waals surface area (Å²) < 4.78 is 0. The molecule has 2 aromatic rings. The highest BCUT2D eigenvalue weighted by Gasteiger charge is 2.08. The van der Waals surface area contributed by atoms with Crippen molar-refractivity contribution in [2.24, 2.45) is 5.73 Å². The lowest BCUT2D eigenvalue weighted by atomic mass is 10.1. The van der Waals surface area contributed by atoms with Crippen LogP contribution >= 0.6 is 0 Å². The summed E-state index contributed by atoms with van der Waals surface area (Å²) in [5.41, 5.74) is 10.0. The summed E-state index contributed by atoms with van der Waals surface area (Å²) >= 11 is 0. The zero-order valence-electron chi connectivity index (χ0n) is 14.8. The number of benzene rings is 2. The van der Waals surface area contributed by atoms with E-state index in [0.717, 1.165) is 11.1 Å². The monoisotopic (exact) mass is 339 g/mol.